The monoisotopic (exact) mass is 1390 g/mol. The Balaban J connectivity index is 0.000000141. The smallest absolute Gasteiger partial charge is 0.269 e. The van der Waals surface area contributed by atoms with E-state index in [1.807, 2.05) is 10.4 Å². The molecular weight excluding hydrogens is 1310 g/mol. The van der Waals surface area contributed by atoms with Crippen LogP contribution in [0, 0.1) is 11.6 Å². The average molecular weight is 1390 g/mol. The highest BCUT2D eigenvalue weighted by molar-refractivity contribution is 7.98. The van der Waals surface area contributed by atoms with Crippen LogP contribution >= 0.6 is 69.6 Å². The first-order chi connectivity index (χ1) is 44.7. The molecule has 0 spiro atoms. The average Bonchev–Trinajstić information content (AvgIpc) is 1.81. The molecule has 1 atom stereocenters. The number of nitrogens with one attached hydrogen (secondary N) is 1. The highest BCUT2D eigenvalue weighted by atomic mass is 32.2. The van der Waals surface area contributed by atoms with Gasteiger partial charge in [-0.2, -0.15) is 8.75 Å². The Hall–Kier alpha value is -4.77. The first-order valence-electron chi connectivity index (χ1n) is 30.6. The molecule has 26 nitrogen and oxygen atoms in total. The van der Waals surface area contributed by atoms with E-state index in [4.69, 9.17) is 40.9 Å². The van der Waals surface area contributed by atoms with E-state index in [1.165, 1.54) is 40.1 Å². The summed E-state index contributed by atoms with van der Waals surface area (Å²) in [6.45, 7) is 22.8. The third-order valence-electron chi connectivity index (χ3n) is 15.3. The van der Waals surface area contributed by atoms with Gasteiger partial charge in [-0.25, -0.2) is 20.7 Å². The van der Waals surface area contributed by atoms with Gasteiger partial charge in [-0.05, 0) is 79.4 Å². The van der Waals surface area contributed by atoms with E-state index in [0.717, 1.165) is 183 Å². The topological polar surface area (TPSA) is 271 Å². The zero-order chi connectivity index (χ0) is 64.8. The molecule has 34 heteroatoms. The standard InChI is InChI=1S/C20H18F2N4O2S2.C11H20N4OS.C9H15N3O2S.C9H17N3O2S.C9H15N3O2S/c21-15-5-1-3-13-17(15)29-25(19(13)27)11-23-7-9-24(10-8-23)12-26-20(28)14-4-2-6-16(22)18(14)30-26;1-14(2)8-10-7-11(13-17-10)12-9-15-3-5-16-6-4-15;10-6-8-5-9(11-15-8)14-7-12-1-3-13-4-2-12;2*10-6-8-5-9(13)12(15-8)7-11-1-3-14-4-2-11/h1-6H,7-12H2;7H,3-6,8-9H2,1-2H3,(H,12,13);5H,1-4,6-7,10H2;8H,1-7,10H2;5H,1-4,6-7,10H2. The number of nitrogens with two attached hydrogens (primary N) is 3. The molecule has 0 bridgehead atoms. The highest BCUT2D eigenvalue weighted by Crippen LogP contribution is 2.29. The molecule has 506 valence electrons. The fourth-order valence-corrected chi connectivity index (χ4v) is 15.5. The lowest BCUT2D eigenvalue weighted by molar-refractivity contribution is -0.126. The Morgan fingerprint density at radius 3 is 1.54 bits per heavy atom. The summed E-state index contributed by atoms with van der Waals surface area (Å²) in [7, 11) is 4.14. The summed E-state index contributed by atoms with van der Waals surface area (Å²) >= 11 is 8.29. The minimum atomic E-state index is -0.372. The second kappa shape index (κ2) is 36.9. The van der Waals surface area contributed by atoms with E-state index in [-0.39, 0.29) is 39.5 Å². The number of benzene rings is 2. The van der Waals surface area contributed by atoms with Gasteiger partial charge < -0.3 is 51.1 Å². The first-order valence-corrected chi connectivity index (χ1v) is 35.3. The van der Waals surface area contributed by atoms with Gasteiger partial charge in [-0.3, -0.25) is 52.9 Å². The van der Waals surface area contributed by atoms with Gasteiger partial charge in [0.05, 0.1) is 106 Å². The second-order valence-corrected chi connectivity index (χ2v) is 28.7. The maximum atomic E-state index is 13.9. The van der Waals surface area contributed by atoms with Crippen molar-refractivity contribution in [3.8, 4) is 5.88 Å². The maximum absolute atomic E-state index is 13.9. The minimum absolute atomic E-state index is 0.0481. The molecule has 1 unspecified atom stereocenters. The number of fused-ring (bicyclic) bond motifs is 2. The number of morpholine rings is 4. The molecule has 6 fully saturated rings. The van der Waals surface area contributed by atoms with Crippen molar-refractivity contribution in [2.75, 3.05) is 177 Å². The lowest BCUT2D eigenvalue weighted by Crippen LogP contribution is -2.48. The van der Waals surface area contributed by atoms with E-state index >= 15 is 0 Å². The molecule has 2 aromatic carbocycles. The van der Waals surface area contributed by atoms with Gasteiger partial charge in [0, 0.05) is 143 Å². The third-order valence-corrected chi connectivity index (χ3v) is 21.3. The van der Waals surface area contributed by atoms with Gasteiger partial charge in [0.2, 0.25) is 11.8 Å². The van der Waals surface area contributed by atoms with E-state index in [0.29, 0.717) is 85.5 Å². The number of ether oxygens (including phenoxy) is 5. The number of hydrogen-bond donors (Lipinski definition) is 4. The van der Waals surface area contributed by atoms with Crippen LogP contribution in [0.4, 0.5) is 14.6 Å². The van der Waals surface area contributed by atoms with Crippen LogP contribution in [0.15, 0.2) is 69.0 Å². The highest BCUT2D eigenvalue weighted by Gasteiger charge is 2.31. The summed E-state index contributed by atoms with van der Waals surface area (Å²) in [5.41, 5.74) is 16.2. The van der Waals surface area contributed by atoms with Gasteiger partial charge >= 0.3 is 0 Å². The lowest BCUT2D eigenvalue weighted by Gasteiger charge is -2.34. The Bertz CT molecular complexity index is 3430. The van der Waals surface area contributed by atoms with Crippen LogP contribution in [0.25, 0.3) is 20.2 Å². The van der Waals surface area contributed by atoms with E-state index in [1.54, 1.807) is 65.7 Å². The fraction of sp³-hybridized carbons (Fsp3) is 0.586. The van der Waals surface area contributed by atoms with Gasteiger partial charge in [0.1, 0.15) is 24.2 Å². The fourth-order valence-electron chi connectivity index (χ4n) is 10.1. The number of carbonyl (C=O) groups excluding carboxylic acids is 1. The van der Waals surface area contributed by atoms with Gasteiger partial charge in [-0.1, -0.05) is 46.7 Å². The summed E-state index contributed by atoms with van der Waals surface area (Å²) < 4.78 is 70.6. The molecular formula is C58H85F2N17O9S6. The Kier molecular flexibility index (Phi) is 28.7. The predicted molar refractivity (Wildman–Crippen MR) is 362 cm³/mol. The van der Waals surface area contributed by atoms with Gasteiger partial charge in [0.15, 0.2) is 0 Å². The molecule has 0 saturated carbocycles. The number of carbonyl (C=O) groups is 1. The van der Waals surface area contributed by atoms with Crippen LogP contribution in [0.5, 0.6) is 5.88 Å². The van der Waals surface area contributed by atoms with Crippen molar-refractivity contribution in [2.24, 2.45) is 17.2 Å². The molecule has 7 N–H and O–H groups in total. The molecule has 1 amide bonds. The molecule has 5 aromatic heterocycles. The van der Waals surface area contributed by atoms with Crippen molar-refractivity contribution < 1.29 is 37.3 Å². The number of nitrogens with zero attached hydrogens (tertiary/aromatic N) is 13. The molecule has 6 saturated heterocycles. The van der Waals surface area contributed by atoms with Crippen LogP contribution < -0.4 is 43.9 Å². The Morgan fingerprint density at radius 1 is 0.576 bits per heavy atom. The molecule has 13 rings (SSSR count). The SMILES string of the molecule is CN(C)Cc1cc(NCN2CCOCC2)ns1.NCC1CC(=O)N(CN2CCOCC2)S1.NCc1cc(=O)n(CN2CCOCC2)s1.NCc1cc(OCN2CCOCC2)ns1.O=c1c2cccc(F)c2sn1CN1CCN(Cn2sc3c(F)cccc3c2=O)CC1. The zero-order valence-corrected chi connectivity index (χ0v) is 57.0. The van der Waals surface area contributed by atoms with E-state index < -0.39 is 0 Å². The van der Waals surface area contributed by atoms with Crippen molar-refractivity contribution >= 4 is 102 Å². The largest absolute Gasteiger partial charge is 0.461 e. The number of halogens is 2. The van der Waals surface area contributed by atoms with Crippen molar-refractivity contribution in [3.63, 3.8) is 0 Å². The molecule has 11 heterocycles. The molecule has 6 aliphatic heterocycles. The maximum Gasteiger partial charge on any atom is 0.269 e. The number of rotatable bonds is 19. The van der Waals surface area contributed by atoms with Gasteiger partial charge in [-0.15, -0.1) is 0 Å². The first kappa shape index (κ1) is 71.5. The number of piperazine rings is 1. The summed E-state index contributed by atoms with van der Waals surface area (Å²) in [4.78, 5) is 66.9. The molecule has 0 radical (unpaired) electrons. The van der Waals surface area contributed by atoms with Crippen LogP contribution in [-0.2, 0) is 63.4 Å². The van der Waals surface area contributed by atoms with Crippen molar-refractivity contribution in [2.45, 2.75) is 51.3 Å². The number of amides is 1. The summed E-state index contributed by atoms with van der Waals surface area (Å²) in [6, 6.07) is 14.8. The van der Waals surface area contributed by atoms with E-state index in [2.05, 4.69) is 68.5 Å². The number of anilines is 1. The molecule has 0 aliphatic carbocycles. The number of hydrogen-bond acceptors (Lipinski definition) is 28. The van der Waals surface area contributed by atoms with Crippen LogP contribution in [-0.4, -0.2) is 242 Å². The molecule has 92 heavy (non-hydrogen) atoms. The minimum Gasteiger partial charge on any atom is -0.461 e. The van der Waals surface area contributed by atoms with E-state index in [9.17, 15) is 28.0 Å². The second-order valence-electron chi connectivity index (χ2n) is 22.4. The quantitative estimate of drug-likeness (QED) is 0.0846. The third kappa shape index (κ3) is 21.6. The molecule has 6 aliphatic rings. The van der Waals surface area contributed by atoms with Crippen molar-refractivity contribution in [1.29, 1.82) is 0 Å². The van der Waals surface area contributed by atoms with Gasteiger partial charge in [0.25, 0.3) is 16.7 Å². The van der Waals surface area contributed by atoms with Crippen molar-refractivity contribution in [3.05, 3.63) is 112 Å². The number of aromatic nitrogens is 5. The zero-order valence-electron chi connectivity index (χ0n) is 52.1. The summed E-state index contributed by atoms with van der Waals surface area (Å²) in [5, 5.41) is 4.46. The molecule has 7 aromatic rings. The van der Waals surface area contributed by atoms with Crippen LogP contribution in [0.3, 0.4) is 0 Å². The Labute approximate surface area is 558 Å². The van der Waals surface area contributed by atoms with Crippen LogP contribution in [0.1, 0.15) is 21.1 Å². The van der Waals surface area contributed by atoms with Crippen LogP contribution in [0.2, 0.25) is 0 Å². The summed E-state index contributed by atoms with van der Waals surface area (Å²) in [6.07, 6.45) is 0.589. The van der Waals surface area contributed by atoms with Crippen molar-refractivity contribution in [1.82, 2.24) is 59.2 Å². The normalized spacial score (nSPS) is 19.1. The predicted octanol–water partition coefficient (Wildman–Crippen LogP) is 3.27. The summed E-state index contributed by atoms with van der Waals surface area (Å²) in [5.74, 6) is 1.12. The lowest BCUT2D eigenvalue weighted by atomic mass is 10.3. The Morgan fingerprint density at radius 2 is 1.07 bits per heavy atom.